The number of nitriles is 1. The van der Waals surface area contributed by atoms with Crippen LogP contribution in [0, 0.1) is 29.9 Å². The first-order valence-corrected chi connectivity index (χ1v) is 9.30. The number of halogens is 2. The fourth-order valence-electron chi connectivity index (χ4n) is 3.57. The first kappa shape index (κ1) is 20.2. The van der Waals surface area contributed by atoms with E-state index in [-0.39, 0.29) is 23.8 Å². The van der Waals surface area contributed by atoms with Gasteiger partial charge in [-0.15, -0.1) is 5.10 Å². The maximum Gasteiger partial charge on any atom is 0.244 e. The number of H-pyrrole nitrogens is 1. The first-order valence-electron chi connectivity index (χ1n) is 9.30. The largest absolute Gasteiger partial charge is 0.496 e. The topological polar surface area (TPSA) is 106 Å². The zero-order valence-corrected chi connectivity index (χ0v) is 16.7. The molecule has 7 nitrogen and oxygen atoms in total. The van der Waals surface area contributed by atoms with Crippen LogP contribution >= 0.6 is 0 Å². The van der Waals surface area contributed by atoms with Crippen LogP contribution in [0.1, 0.15) is 28.3 Å². The van der Waals surface area contributed by atoms with Crippen molar-refractivity contribution in [3.8, 4) is 23.4 Å². The minimum Gasteiger partial charge on any atom is -0.496 e. The molecule has 3 aromatic rings. The number of aryl methyl sites for hydroxylation is 1. The lowest BCUT2D eigenvalue weighted by molar-refractivity contribution is 0.281. The summed E-state index contributed by atoms with van der Waals surface area (Å²) in [5, 5.41) is 16.7. The Bertz CT molecular complexity index is 1230. The van der Waals surface area contributed by atoms with Crippen LogP contribution in [-0.4, -0.2) is 17.3 Å². The maximum atomic E-state index is 13.9. The second-order valence-electron chi connectivity index (χ2n) is 6.93. The Morgan fingerprint density at radius 3 is 2.71 bits per heavy atom. The number of benzene rings is 2. The van der Waals surface area contributed by atoms with Crippen molar-refractivity contribution in [3.05, 3.63) is 81.9 Å². The SMILES string of the molecule is COc1ccc(C2C(C#N)=C(N)Oc3n[nH]c(C)c32)cc1COc1ccc(F)cc1F. The summed E-state index contributed by atoms with van der Waals surface area (Å²) in [5.41, 5.74) is 8.98. The number of methoxy groups -OCH3 is 1. The van der Waals surface area contributed by atoms with Crippen molar-refractivity contribution in [3.63, 3.8) is 0 Å². The summed E-state index contributed by atoms with van der Waals surface area (Å²) in [4.78, 5) is 0. The normalized spacial score (nSPS) is 15.1. The summed E-state index contributed by atoms with van der Waals surface area (Å²) in [6.45, 7) is 1.78. The Balaban J connectivity index is 1.73. The molecule has 2 aromatic carbocycles. The van der Waals surface area contributed by atoms with E-state index < -0.39 is 17.6 Å². The number of ether oxygens (including phenoxy) is 3. The average Bonchev–Trinajstić information content (AvgIpc) is 3.12. The van der Waals surface area contributed by atoms with Crippen LogP contribution in [0.4, 0.5) is 8.78 Å². The van der Waals surface area contributed by atoms with Crippen molar-refractivity contribution in [1.29, 1.82) is 5.26 Å². The number of nitrogens with one attached hydrogen (secondary N) is 1. The summed E-state index contributed by atoms with van der Waals surface area (Å²) in [7, 11) is 1.50. The molecule has 2 heterocycles. The maximum absolute atomic E-state index is 13.9. The molecular weight excluding hydrogens is 406 g/mol. The highest BCUT2D eigenvalue weighted by Crippen LogP contribution is 2.43. The molecule has 1 aliphatic rings. The van der Waals surface area contributed by atoms with E-state index in [1.165, 1.54) is 13.2 Å². The molecule has 0 bridgehead atoms. The molecule has 0 amide bonds. The zero-order chi connectivity index (χ0) is 22.1. The van der Waals surface area contributed by atoms with E-state index in [2.05, 4.69) is 16.3 Å². The van der Waals surface area contributed by atoms with Crippen molar-refractivity contribution in [2.45, 2.75) is 19.4 Å². The van der Waals surface area contributed by atoms with Gasteiger partial charge in [0.15, 0.2) is 11.6 Å². The lowest BCUT2D eigenvalue weighted by atomic mass is 9.83. The Morgan fingerprint density at radius 1 is 1.23 bits per heavy atom. The standard InChI is InChI=1S/C22H18F2N4O3/c1-11-19-20(15(9-25)21(26)31-22(19)28-27-11)12-3-5-17(29-2)13(7-12)10-30-18-6-4-14(23)8-16(18)24/h3-8,20H,10,26H2,1-2H3,(H,27,28). The van der Waals surface area contributed by atoms with Crippen molar-refractivity contribution in [2.24, 2.45) is 5.73 Å². The number of aromatic amines is 1. The van der Waals surface area contributed by atoms with Gasteiger partial charge in [-0.1, -0.05) is 6.07 Å². The second kappa shape index (κ2) is 7.99. The number of hydrogen-bond donors (Lipinski definition) is 2. The number of hydrogen-bond acceptors (Lipinski definition) is 6. The van der Waals surface area contributed by atoms with Gasteiger partial charge in [0.2, 0.25) is 11.8 Å². The van der Waals surface area contributed by atoms with Crippen LogP contribution < -0.4 is 19.9 Å². The smallest absolute Gasteiger partial charge is 0.244 e. The van der Waals surface area contributed by atoms with Crippen LogP contribution in [0.5, 0.6) is 17.4 Å². The molecular formula is C22H18F2N4O3. The molecule has 1 aliphatic heterocycles. The van der Waals surface area contributed by atoms with Gasteiger partial charge < -0.3 is 19.9 Å². The molecule has 31 heavy (non-hydrogen) atoms. The van der Waals surface area contributed by atoms with Gasteiger partial charge in [-0.25, -0.2) is 8.78 Å². The number of aromatic nitrogens is 2. The summed E-state index contributed by atoms with van der Waals surface area (Å²) < 4.78 is 43.5. The molecule has 0 spiro atoms. The number of nitrogens with two attached hydrogens (primary N) is 1. The van der Waals surface area contributed by atoms with Crippen molar-refractivity contribution in [2.75, 3.05) is 7.11 Å². The summed E-state index contributed by atoms with van der Waals surface area (Å²) >= 11 is 0. The first-order chi connectivity index (χ1) is 14.9. The van der Waals surface area contributed by atoms with Crippen molar-refractivity contribution in [1.82, 2.24) is 10.2 Å². The average molecular weight is 424 g/mol. The molecule has 0 radical (unpaired) electrons. The lowest BCUT2D eigenvalue weighted by Gasteiger charge is -2.24. The van der Waals surface area contributed by atoms with Crippen molar-refractivity contribution < 1.29 is 23.0 Å². The quantitative estimate of drug-likeness (QED) is 0.645. The van der Waals surface area contributed by atoms with E-state index in [1.54, 1.807) is 18.2 Å². The molecule has 158 valence electrons. The molecule has 9 heteroatoms. The van der Waals surface area contributed by atoms with Gasteiger partial charge in [0.05, 0.1) is 13.0 Å². The molecule has 1 aromatic heterocycles. The Hall–Kier alpha value is -4.06. The monoisotopic (exact) mass is 424 g/mol. The molecule has 4 rings (SSSR count). The number of allylic oxidation sites excluding steroid dienone is 1. The van der Waals surface area contributed by atoms with Crippen molar-refractivity contribution >= 4 is 0 Å². The highest BCUT2D eigenvalue weighted by Gasteiger charge is 2.34. The fourth-order valence-corrected chi connectivity index (χ4v) is 3.57. The lowest BCUT2D eigenvalue weighted by Crippen LogP contribution is -2.21. The van der Waals surface area contributed by atoms with Gasteiger partial charge in [-0.3, -0.25) is 5.10 Å². The Kier molecular flexibility index (Phi) is 5.21. The Morgan fingerprint density at radius 2 is 2.00 bits per heavy atom. The second-order valence-corrected chi connectivity index (χ2v) is 6.93. The van der Waals surface area contributed by atoms with E-state index in [0.29, 0.717) is 22.8 Å². The van der Waals surface area contributed by atoms with Gasteiger partial charge in [0.25, 0.3) is 0 Å². The number of rotatable bonds is 5. The van der Waals surface area contributed by atoms with E-state index in [1.807, 2.05) is 6.92 Å². The molecule has 0 fully saturated rings. The highest BCUT2D eigenvalue weighted by atomic mass is 19.1. The predicted molar refractivity (Wildman–Crippen MR) is 106 cm³/mol. The minimum atomic E-state index is -0.805. The van der Waals surface area contributed by atoms with E-state index in [4.69, 9.17) is 19.9 Å². The van der Waals surface area contributed by atoms with Crippen LogP contribution in [0.2, 0.25) is 0 Å². The van der Waals surface area contributed by atoms with E-state index in [9.17, 15) is 14.0 Å². The van der Waals surface area contributed by atoms with Gasteiger partial charge in [-0.05, 0) is 36.8 Å². The third-order valence-electron chi connectivity index (χ3n) is 5.04. The highest BCUT2D eigenvalue weighted by molar-refractivity contribution is 5.56. The van der Waals surface area contributed by atoms with Crippen LogP contribution in [0.3, 0.4) is 0 Å². The van der Waals surface area contributed by atoms with Gasteiger partial charge in [0.1, 0.15) is 29.8 Å². The van der Waals surface area contributed by atoms with Crippen LogP contribution in [0.15, 0.2) is 47.9 Å². The van der Waals surface area contributed by atoms with E-state index >= 15 is 0 Å². The van der Waals surface area contributed by atoms with E-state index in [0.717, 1.165) is 23.4 Å². The summed E-state index contributed by atoms with van der Waals surface area (Å²) in [6, 6.07) is 10.5. The van der Waals surface area contributed by atoms with Crippen LogP contribution in [-0.2, 0) is 6.61 Å². The third-order valence-corrected chi connectivity index (χ3v) is 5.04. The summed E-state index contributed by atoms with van der Waals surface area (Å²) in [6.07, 6.45) is 0. The minimum absolute atomic E-state index is 0.0199. The van der Waals surface area contributed by atoms with Gasteiger partial charge in [0, 0.05) is 22.9 Å². The summed E-state index contributed by atoms with van der Waals surface area (Å²) in [5.74, 6) is -1.30. The molecule has 0 saturated carbocycles. The molecule has 1 atom stereocenters. The predicted octanol–water partition coefficient (Wildman–Crippen LogP) is 3.80. The molecule has 0 saturated heterocycles. The molecule has 1 unspecified atom stereocenters. The fraction of sp³-hybridized carbons (Fsp3) is 0.182. The third kappa shape index (κ3) is 3.64. The molecule has 3 N–H and O–H groups in total. The van der Waals surface area contributed by atoms with Gasteiger partial charge in [-0.2, -0.15) is 5.26 Å². The van der Waals surface area contributed by atoms with Crippen LogP contribution in [0.25, 0.3) is 0 Å². The molecule has 0 aliphatic carbocycles. The number of nitrogens with zero attached hydrogens (tertiary/aromatic N) is 2. The zero-order valence-electron chi connectivity index (χ0n) is 16.7. The number of fused-ring (bicyclic) bond motifs is 1. The van der Waals surface area contributed by atoms with Gasteiger partial charge >= 0.3 is 0 Å². The Labute approximate surface area is 176 Å².